The van der Waals surface area contributed by atoms with Crippen molar-refractivity contribution >= 4 is 0 Å². The van der Waals surface area contributed by atoms with Crippen LogP contribution in [0, 0.1) is 0 Å². The molecule has 1 heterocycles. The Morgan fingerprint density at radius 2 is 1.85 bits per heavy atom. The van der Waals surface area contributed by atoms with Crippen LogP contribution in [-0.4, -0.2) is 18.0 Å². The molecule has 0 bridgehead atoms. The summed E-state index contributed by atoms with van der Waals surface area (Å²) in [6, 6.07) is 0. The lowest BCUT2D eigenvalue weighted by molar-refractivity contribution is 0.290. The van der Waals surface area contributed by atoms with Gasteiger partial charge in [0.15, 0.2) is 0 Å². The maximum Gasteiger partial charge on any atom is 0.0390 e. The van der Waals surface area contributed by atoms with Crippen molar-refractivity contribution < 1.29 is 0 Å². The molecule has 0 radical (unpaired) electrons. The highest BCUT2D eigenvalue weighted by Crippen LogP contribution is 2.19. The number of likely N-dealkylation sites (tertiary alicyclic amines) is 1. The second kappa shape index (κ2) is 4.90. The van der Waals surface area contributed by atoms with Crippen molar-refractivity contribution in [1.29, 1.82) is 0 Å². The topological polar surface area (TPSA) is 3.24 Å². The molecule has 1 heteroatoms. The molecule has 1 fully saturated rings. The molecule has 1 aliphatic rings. The van der Waals surface area contributed by atoms with Gasteiger partial charge in [0.1, 0.15) is 0 Å². The SMILES string of the molecule is C=CC(=C)/C(=C\C)N1CCCCC1. The Balaban J connectivity index is 2.65. The van der Waals surface area contributed by atoms with Gasteiger partial charge in [-0.1, -0.05) is 25.3 Å². The molecule has 0 atom stereocenters. The van der Waals surface area contributed by atoms with E-state index in [1.807, 2.05) is 6.08 Å². The Labute approximate surface area is 81.4 Å². The van der Waals surface area contributed by atoms with Crippen LogP contribution in [-0.2, 0) is 0 Å². The average Bonchev–Trinajstić information content (AvgIpc) is 2.20. The van der Waals surface area contributed by atoms with Crippen LogP contribution in [0.25, 0.3) is 0 Å². The van der Waals surface area contributed by atoms with E-state index in [1.165, 1.54) is 38.0 Å². The summed E-state index contributed by atoms with van der Waals surface area (Å²) >= 11 is 0. The summed E-state index contributed by atoms with van der Waals surface area (Å²) < 4.78 is 0. The molecule has 1 aliphatic heterocycles. The number of rotatable bonds is 3. The Bertz CT molecular complexity index is 219. The Hall–Kier alpha value is -0.980. The fourth-order valence-electron chi connectivity index (χ4n) is 1.81. The van der Waals surface area contributed by atoms with Crippen LogP contribution in [0.2, 0.25) is 0 Å². The number of hydrogen-bond acceptors (Lipinski definition) is 1. The van der Waals surface area contributed by atoms with Crippen LogP contribution >= 0.6 is 0 Å². The Morgan fingerprint density at radius 3 is 2.31 bits per heavy atom. The monoisotopic (exact) mass is 177 g/mol. The predicted molar refractivity (Wildman–Crippen MR) is 58.5 cm³/mol. The van der Waals surface area contributed by atoms with Crippen molar-refractivity contribution in [3.63, 3.8) is 0 Å². The molecular weight excluding hydrogens is 158 g/mol. The number of allylic oxidation sites excluding steroid dienone is 2. The molecule has 0 saturated carbocycles. The van der Waals surface area contributed by atoms with Crippen LogP contribution < -0.4 is 0 Å². The lowest BCUT2D eigenvalue weighted by Crippen LogP contribution is -2.29. The highest BCUT2D eigenvalue weighted by atomic mass is 15.1. The fraction of sp³-hybridized carbons (Fsp3) is 0.500. The smallest absolute Gasteiger partial charge is 0.0390 e. The van der Waals surface area contributed by atoms with Gasteiger partial charge in [-0.25, -0.2) is 0 Å². The van der Waals surface area contributed by atoms with Crippen LogP contribution in [0.15, 0.2) is 36.6 Å². The molecule has 0 aliphatic carbocycles. The van der Waals surface area contributed by atoms with E-state index >= 15 is 0 Å². The second-order valence-corrected chi connectivity index (χ2v) is 3.45. The molecule has 0 unspecified atom stereocenters. The largest absolute Gasteiger partial charge is 0.371 e. The Kier molecular flexibility index (Phi) is 3.81. The van der Waals surface area contributed by atoms with E-state index in [9.17, 15) is 0 Å². The zero-order valence-electron chi connectivity index (χ0n) is 8.55. The summed E-state index contributed by atoms with van der Waals surface area (Å²) in [7, 11) is 0. The van der Waals surface area contributed by atoms with Crippen LogP contribution in [0.5, 0.6) is 0 Å². The standard InChI is InChI=1S/C12H19N/c1-4-11(3)12(5-2)13-9-7-6-8-10-13/h4-5H,1,3,6-10H2,2H3/b12-5+. The van der Waals surface area contributed by atoms with E-state index in [4.69, 9.17) is 0 Å². The van der Waals surface area contributed by atoms with Gasteiger partial charge in [0.2, 0.25) is 0 Å². The van der Waals surface area contributed by atoms with Gasteiger partial charge < -0.3 is 4.90 Å². The molecule has 13 heavy (non-hydrogen) atoms. The second-order valence-electron chi connectivity index (χ2n) is 3.45. The van der Waals surface area contributed by atoms with E-state index in [1.54, 1.807) is 0 Å². The normalized spacial score (nSPS) is 18.5. The summed E-state index contributed by atoms with van der Waals surface area (Å²) in [6.07, 6.45) is 7.96. The van der Waals surface area contributed by atoms with Crippen molar-refractivity contribution in [1.82, 2.24) is 4.90 Å². The van der Waals surface area contributed by atoms with Crippen molar-refractivity contribution in [2.24, 2.45) is 0 Å². The van der Waals surface area contributed by atoms with Crippen molar-refractivity contribution in [2.45, 2.75) is 26.2 Å². The molecule has 0 aromatic carbocycles. The molecule has 72 valence electrons. The molecule has 0 spiro atoms. The average molecular weight is 177 g/mol. The van der Waals surface area contributed by atoms with Crippen LogP contribution in [0.4, 0.5) is 0 Å². The number of nitrogens with zero attached hydrogens (tertiary/aromatic N) is 1. The van der Waals surface area contributed by atoms with E-state index in [2.05, 4.69) is 31.1 Å². The molecular formula is C12H19N. The molecule has 1 rings (SSSR count). The van der Waals surface area contributed by atoms with Crippen molar-refractivity contribution in [2.75, 3.05) is 13.1 Å². The van der Waals surface area contributed by atoms with Gasteiger partial charge in [-0.15, -0.1) is 0 Å². The summed E-state index contributed by atoms with van der Waals surface area (Å²) in [5.41, 5.74) is 2.30. The lowest BCUT2D eigenvalue weighted by atomic mass is 10.1. The van der Waals surface area contributed by atoms with Gasteiger partial charge in [0, 0.05) is 18.8 Å². The first-order valence-corrected chi connectivity index (χ1v) is 5.02. The summed E-state index contributed by atoms with van der Waals surface area (Å²) in [5.74, 6) is 0. The van der Waals surface area contributed by atoms with E-state index < -0.39 is 0 Å². The minimum atomic E-state index is 1.05. The van der Waals surface area contributed by atoms with Gasteiger partial charge in [0.25, 0.3) is 0 Å². The van der Waals surface area contributed by atoms with E-state index in [0.717, 1.165) is 5.57 Å². The van der Waals surface area contributed by atoms with E-state index in [0.29, 0.717) is 0 Å². The molecule has 0 aromatic rings. The minimum absolute atomic E-state index is 1.05. The maximum atomic E-state index is 3.99. The summed E-state index contributed by atoms with van der Waals surface area (Å²) in [5, 5.41) is 0. The number of hydrogen-bond donors (Lipinski definition) is 0. The van der Waals surface area contributed by atoms with Crippen molar-refractivity contribution in [3.8, 4) is 0 Å². The summed E-state index contributed by atoms with van der Waals surface area (Å²) in [6.45, 7) is 12.2. The molecule has 0 aromatic heterocycles. The number of piperidine rings is 1. The third kappa shape index (κ3) is 2.48. The highest BCUT2D eigenvalue weighted by Gasteiger charge is 2.13. The quantitative estimate of drug-likeness (QED) is 0.599. The van der Waals surface area contributed by atoms with Gasteiger partial charge in [-0.2, -0.15) is 0 Å². The Morgan fingerprint density at radius 1 is 1.23 bits per heavy atom. The lowest BCUT2D eigenvalue weighted by Gasteiger charge is -2.31. The van der Waals surface area contributed by atoms with E-state index in [-0.39, 0.29) is 0 Å². The van der Waals surface area contributed by atoms with Gasteiger partial charge >= 0.3 is 0 Å². The maximum absolute atomic E-state index is 3.99. The van der Waals surface area contributed by atoms with Crippen molar-refractivity contribution in [3.05, 3.63) is 36.6 Å². The highest BCUT2D eigenvalue weighted by molar-refractivity contribution is 5.35. The zero-order valence-corrected chi connectivity index (χ0v) is 8.55. The molecule has 0 amide bonds. The van der Waals surface area contributed by atoms with Gasteiger partial charge in [-0.05, 0) is 31.8 Å². The molecule has 1 nitrogen and oxygen atoms in total. The first-order chi connectivity index (χ1) is 6.29. The van der Waals surface area contributed by atoms with Gasteiger partial charge in [0.05, 0.1) is 0 Å². The van der Waals surface area contributed by atoms with Crippen LogP contribution in [0.1, 0.15) is 26.2 Å². The van der Waals surface area contributed by atoms with Gasteiger partial charge in [-0.3, -0.25) is 0 Å². The minimum Gasteiger partial charge on any atom is -0.371 e. The predicted octanol–water partition coefficient (Wildman–Crippen LogP) is 3.12. The summed E-state index contributed by atoms with van der Waals surface area (Å²) in [4.78, 5) is 2.41. The zero-order chi connectivity index (χ0) is 9.68. The first kappa shape index (κ1) is 10.1. The molecule has 1 saturated heterocycles. The van der Waals surface area contributed by atoms with Crippen LogP contribution in [0.3, 0.4) is 0 Å². The molecule has 0 N–H and O–H groups in total. The third-order valence-electron chi connectivity index (χ3n) is 2.55. The fourth-order valence-corrected chi connectivity index (χ4v) is 1.81. The first-order valence-electron chi connectivity index (χ1n) is 5.02. The third-order valence-corrected chi connectivity index (χ3v) is 2.55.